The van der Waals surface area contributed by atoms with Crippen LogP contribution in [0.4, 0.5) is 0 Å². The summed E-state index contributed by atoms with van der Waals surface area (Å²) >= 11 is 0. The maximum Gasteiger partial charge on any atom is 0.226 e. The number of nitrogens with one attached hydrogen (secondary N) is 1. The molecule has 0 unspecified atom stereocenters. The zero-order valence-electron chi connectivity index (χ0n) is 17.9. The Morgan fingerprint density at radius 1 is 0.967 bits per heavy atom. The predicted octanol–water partition coefficient (Wildman–Crippen LogP) is 4.86. The summed E-state index contributed by atoms with van der Waals surface area (Å²) in [6, 6.07) is 16.8. The first-order valence-corrected chi connectivity index (χ1v) is 11.1. The lowest BCUT2D eigenvalue weighted by Gasteiger charge is -2.61. The van der Waals surface area contributed by atoms with Crippen molar-refractivity contribution in [2.24, 2.45) is 17.3 Å². The quantitative estimate of drug-likeness (QED) is 0.747. The van der Waals surface area contributed by atoms with Gasteiger partial charge in [-0.3, -0.25) is 4.79 Å². The first-order valence-electron chi connectivity index (χ1n) is 11.1. The summed E-state index contributed by atoms with van der Waals surface area (Å²) in [5, 5.41) is 3.28. The van der Waals surface area contributed by atoms with Crippen molar-refractivity contribution < 1.29 is 14.3 Å². The minimum atomic E-state index is -0.212. The Bertz CT molecular complexity index is 925. The van der Waals surface area contributed by atoms with Crippen molar-refractivity contribution in [3.8, 4) is 11.5 Å². The van der Waals surface area contributed by atoms with Crippen LogP contribution in [0.15, 0.2) is 48.5 Å². The average Bonchev–Trinajstić information content (AvgIpc) is 2.77. The molecule has 4 aliphatic carbocycles. The van der Waals surface area contributed by atoms with Gasteiger partial charge in [0.1, 0.15) is 0 Å². The van der Waals surface area contributed by atoms with Crippen LogP contribution < -0.4 is 14.8 Å². The normalized spacial score (nSPS) is 31.4. The Morgan fingerprint density at radius 3 is 2.33 bits per heavy atom. The number of carbonyl (C=O) groups is 1. The molecule has 158 valence electrons. The molecule has 1 amide bonds. The highest BCUT2D eigenvalue weighted by molar-refractivity contribution is 5.83. The van der Waals surface area contributed by atoms with E-state index in [0.29, 0.717) is 29.9 Å². The van der Waals surface area contributed by atoms with Crippen LogP contribution in [0.5, 0.6) is 11.5 Å². The van der Waals surface area contributed by atoms with Crippen molar-refractivity contribution in [1.82, 2.24) is 5.32 Å². The third kappa shape index (κ3) is 3.17. The van der Waals surface area contributed by atoms with Crippen LogP contribution in [0.3, 0.4) is 0 Å². The van der Waals surface area contributed by atoms with Gasteiger partial charge in [-0.25, -0.2) is 0 Å². The number of amides is 1. The van der Waals surface area contributed by atoms with Gasteiger partial charge in [-0.1, -0.05) is 36.4 Å². The van der Waals surface area contributed by atoms with Crippen LogP contribution in [-0.2, 0) is 16.8 Å². The fourth-order valence-electron chi connectivity index (χ4n) is 7.02. The molecule has 30 heavy (non-hydrogen) atoms. The Balaban J connectivity index is 1.36. The lowest BCUT2D eigenvalue weighted by Crippen LogP contribution is -2.59. The molecule has 0 aromatic heterocycles. The van der Waals surface area contributed by atoms with E-state index in [0.717, 1.165) is 24.8 Å². The Hall–Kier alpha value is -2.49. The molecule has 0 saturated heterocycles. The molecule has 2 aromatic carbocycles. The smallest absolute Gasteiger partial charge is 0.226 e. The standard InChI is InChI=1S/C26H31NO3/c1-29-22-9-8-18(11-23(22)30-2)16-27-24(28)26-14-19-10-20(15-26)13-25(12-19,17-26)21-6-4-3-5-7-21/h3-9,11,19-20H,10,12-17H2,1-2H3,(H,27,28)/t19-,20-,25?,26?/m1/s1. The molecule has 0 spiro atoms. The second-order valence-corrected chi connectivity index (χ2v) is 9.76. The van der Waals surface area contributed by atoms with E-state index in [9.17, 15) is 4.79 Å². The Kier molecular flexibility index (Phi) is 4.76. The molecule has 4 heteroatoms. The highest BCUT2D eigenvalue weighted by Crippen LogP contribution is 2.65. The number of benzene rings is 2. The van der Waals surface area contributed by atoms with E-state index in [-0.39, 0.29) is 16.7 Å². The second kappa shape index (κ2) is 7.33. The Morgan fingerprint density at radius 2 is 1.67 bits per heavy atom. The molecule has 4 nitrogen and oxygen atoms in total. The van der Waals surface area contributed by atoms with Gasteiger partial charge in [0.25, 0.3) is 0 Å². The van der Waals surface area contributed by atoms with Crippen LogP contribution in [0.2, 0.25) is 0 Å². The fraction of sp³-hybridized carbons (Fsp3) is 0.500. The zero-order valence-corrected chi connectivity index (χ0v) is 17.9. The third-order valence-electron chi connectivity index (χ3n) is 7.83. The van der Waals surface area contributed by atoms with Gasteiger partial charge < -0.3 is 14.8 Å². The SMILES string of the molecule is COc1ccc(CNC(=O)C23C[C@@H]4C[C@@H](C2)CC(c2ccccc2)(C4)C3)cc1OC. The molecular formula is C26H31NO3. The largest absolute Gasteiger partial charge is 0.493 e. The van der Waals surface area contributed by atoms with Gasteiger partial charge in [0, 0.05) is 6.54 Å². The summed E-state index contributed by atoms with van der Waals surface area (Å²) < 4.78 is 10.7. The van der Waals surface area contributed by atoms with E-state index < -0.39 is 0 Å². The first-order chi connectivity index (χ1) is 14.6. The molecule has 6 rings (SSSR count). The van der Waals surface area contributed by atoms with Gasteiger partial charge in [-0.05, 0) is 79.0 Å². The maximum absolute atomic E-state index is 13.6. The second-order valence-electron chi connectivity index (χ2n) is 9.76. The molecule has 4 bridgehead atoms. The van der Waals surface area contributed by atoms with Crippen molar-refractivity contribution in [3.05, 3.63) is 59.7 Å². The van der Waals surface area contributed by atoms with Crippen LogP contribution in [-0.4, -0.2) is 20.1 Å². The predicted molar refractivity (Wildman–Crippen MR) is 117 cm³/mol. The molecule has 0 heterocycles. The van der Waals surface area contributed by atoms with E-state index in [1.54, 1.807) is 14.2 Å². The molecule has 2 aromatic rings. The van der Waals surface area contributed by atoms with E-state index in [2.05, 4.69) is 35.6 Å². The zero-order chi connectivity index (χ0) is 20.8. The van der Waals surface area contributed by atoms with Crippen LogP contribution in [0.1, 0.15) is 49.7 Å². The van der Waals surface area contributed by atoms with Crippen LogP contribution in [0, 0.1) is 17.3 Å². The minimum Gasteiger partial charge on any atom is -0.493 e. The first kappa shape index (κ1) is 19.5. The van der Waals surface area contributed by atoms with E-state index in [4.69, 9.17) is 9.47 Å². The van der Waals surface area contributed by atoms with Crippen molar-refractivity contribution in [3.63, 3.8) is 0 Å². The number of hydrogen-bond donors (Lipinski definition) is 1. The van der Waals surface area contributed by atoms with Gasteiger partial charge in [0.05, 0.1) is 19.6 Å². The van der Waals surface area contributed by atoms with Crippen LogP contribution in [0.25, 0.3) is 0 Å². The molecule has 4 fully saturated rings. The topological polar surface area (TPSA) is 47.6 Å². The molecular weight excluding hydrogens is 374 g/mol. The number of rotatable bonds is 6. The molecule has 0 aliphatic heterocycles. The van der Waals surface area contributed by atoms with E-state index in [1.165, 1.54) is 24.8 Å². The molecule has 4 aliphatic rings. The Labute approximate surface area is 179 Å². The molecule has 0 radical (unpaired) electrons. The molecule has 4 saturated carbocycles. The lowest BCUT2D eigenvalue weighted by atomic mass is 9.42. The maximum atomic E-state index is 13.6. The highest BCUT2D eigenvalue weighted by atomic mass is 16.5. The number of hydrogen-bond acceptors (Lipinski definition) is 3. The average molecular weight is 406 g/mol. The van der Waals surface area contributed by atoms with Crippen LogP contribution >= 0.6 is 0 Å². The molecule has 2 atom stereocenters. The summed E-state index contributed by atoms with van der Waals surface area (Å²) in [4.78, 5) is 13.6. The van der Waals surface area contributed by atoms with E-state index >= 15 is 0 Å². The van der Waals surface area contributed by atoms with Gasteiger partial charge in [-0.15, -0.1) is 0 Å². The summed E-state index contributed by atoms with van der Waals surface area (Å²) in [6.07, 6.45) is 6.90. The van der Waals surface area contributed by atoms with Crippen molar-refractivity contribution in [2.75, 3.05) is 14.2 Å². The van der Waals surface area contributed by atoms with Crippen molar-refractivity contribution >= 4 is 5.91 Å². The number of methoxy groups -OCH3 is 2. The highest BCUT2D eigenvalue weighted by Gasteiger charge is 2.60. The fourth-order valence-corrected chi connectivity index (χ4v) is 7.02. The minimum absolute atomic E-state index is 0.187. The summed E-state index contributed by atoms with van der Waals surface area (Å²) in [5.41, 5.74) is 2.45. The monoisotopic (exact) mass is 405 g/mol. The number of ether oxygens (including phenoxy) is 2. The summed E-state index contributed by atoms with van der Waals surface area (Å²) in [7, 11) is 3.27. The number of carbonyl (C=O) groups excluding carboxylic acids is 1. The van der Waals surface area contributed by atoms with Gasteiger partial charge >= 0.3 is 0 Å². The van der Waals surface area contributed by atoms with Gasteiger partial charge in [0.2, 0.25) is 5.91 Å². The lowest BCUT2D eigenvalue weighted by molar-refractivity contribution is -0.149. The van der Waals surface area contributed by atoms with Gasteiger partial charge in [0.15, 0.2) is 11.5 Å². The van der Waals surface area contributed by atoms with Crippen molar-refractivity contribution in [1.29, 1.82) is 0 Å². The summed E-state index contributed by atoms with van der Waals surface area (Å²) in [6.45, 7) is 0.522. The third-order valence-corrected chi connectivity index (χ3v) is 7.83. The van der Waals surface area contributed by atoms with E-state index in [1.807, 2.05) is 18.2 Å². The van der Waals surface area contributed by atoms with Crippen molar-refractivity contribution in [2.45, 2.75) is 50.5 Å². The summed E-state index contributed by atoms with van der Waals surface area (Å²) in [5.74, 6) is 3.00. The molecule has 1 N–H and O–H groups in total. The van der Waals surface area contributed by atoms with Gasteiger partial charge in [-0.2, -0.15) is 0 Å².